The van der Waals surface area contributed by atoms with Crippen LogP contribution in [0.1, 0.15) is 5.56 Å². The van der Waals surface area contributed by atoms with Crippen LogP contribution in [0, 0.1) is 10.1 Å². The van der Waals surface area contributed by atoms with Gasteiger partial charge in [0, 0.05) is 40.4 Å². The van der Waals surface area contributed by atoms with Crippen molar-refractivity contribution in [1.82, 2.24) is 5.32 Å². The maximum atomic E-state index is 10.9. The molecule has 0 aromatic heterocycles. The molecule has 6 heteroatoms. The third kappa shape index (κ3) is 5.04. The number of thioether (sulfide) groups is 1. The number of benzene rings is 2. The van der Waals surface area contributed by atoms with Crippen molar-refractivity contribution in [2.24, 2.45) is 0 Å². The first-order valence-electron chi connectivity index (χ1n) is 6.48. The largest absolute Gasteiger partial charge is 0.312 e. The van der Waals surface area contributed by atoms with Gasteiger partial charge in [0.1, 0.15) is 0 Å². The van der Waals surface area contributed by atoms with Crippen molar-refractivity contribution in [3.63, 3.8) is 0 Å². The number of nitro benzene ring substituents is 1. The van der Waals surface area contributed by atoms with Crippen LogP contribution in [0.5, 0.6) is 0 Å². The summed E-state index contributed by atoms with van der Waals surface area (Å²) >= 11 is 7.63. The summed E-state index contributed by atoms with van der Waals surface area (Å²) in [4.78, 5) is 11.8. The molecule has 2 rings (SSSR count). The molecule has 0 fully saturated rings. The molecule has 0 radical (unpaired) electrons. The standard InChI is InChI=1S/C15H15ClN2O2S/c16-13-6-7-15(18(19)20)12(10-13)11-17-8-9-21-14-4-2-1-3-5-14/h1-7,10,17H,8-9,11H2. The van der Waals surface area contributed by atoms with Crippen LogP contribution in [0.15, 0.2) is 53.4 Å². The fourth-order valence-corrected chi connectivity index (χ4v) is 2.88. The van der Waals surface area contributed by atoms with Crippen molar-refractivity contribution in [3.05, 3.63) is 69.2 Å². The highest BCUT2D eigenvalue weighted by Gasteiger charge is 2.13. The second kappa shape index (κ2) is 8.02. The molecule has 0 unspecified atom stereocenters. The molecule has 2 aromatic rings. The molecule has 0 aliphatic rings. The lowest BCUT2D eigenvalue weighted by molar-refractivity contribution is -0.385. The van der Waals surface area contributed by atoms with Crippen molar-refractivity contribution in [3.8, 4) is 0 Å². The molecule has 0 saturated heterocycles. The maximum absolute atomic E-state index is 10.9. The average Bonchev–Trinajstić information content (AvgIpc) is 2.48. The minimum absolute atomic E-state index is 0.0996. The lowest BCUT2D eigenvalue weighted by Gasteiger charge is -2.06. The van der Waals surface area contributed by atoms with Gasteiger partial charge in [0.05, 0.1) is 4.92 Å². The highest BCUT2D eigenvalue weighted by atomic mass is 35.5. The molecule has 0 heterocycles. The molecule has 0 saturated carbocycles. The number of nitrogens with zero attached hydrogens (tertiary/aromatic N) is 1. The third-order valence-electron chi connectivity index (χ3n) is 2.84. The summed E-state index contributed by atoms with van der Waals surface area (Å²) in [6, 6.07) is 14.7. The van der Waals surface area contributed by atoms with Crippen LogP contribution in [0.25, 0.3) is 0 Å². The van der Waals surface area contributed by atoms with Gasteiger partial charge in [0.15, 0.2) is 0 Å². The zero-order chi connectivity index (χ0) is 15.1. The molecule has 2 aromatic carbocycles. The Bertz CT molecular complexity index is 608. The van der Waals surface area contributed by atoms with Crippen molar-refractivity contribution >= 4 is 29.1 Å². The Hall–Kier alpha value is -1.56. The molecule has 0 aliphatic carbocycles. The predicted octanol–water partition coefficient (Wildman–Crippen LogP) is 4.13. The fraction of sp³-hybridized carbons (Fsp3) is 0.200. The fourth-order valence-electron chi connectivity index (χ4n) is 1.85. The van der Waals surface area contributed by atoms with Crippen LogP contribution >= 0.6 is 23.4 Å². The van der Waals surface area contributed by atoms with E-state index < -0.39 is 0 Å². The van der Waals surface area contributed by atoms with Crippen molar-refractivity contribution in [2.75, 3.05) is 12.3 Å². The molecule has 4 nitrogen and oxygen atoms in total. The van der Waals surface area contributed by atoms with E-state index in [1.54, 1.807) is 17.8 Å². The molecule has 21 heavy (non-hydrogen) atoms. The van der Waals surface area contributed by atoms with E-state index in [4.69, 9.17) is 11.6 Å². The summed E-state index contributed by atoms with van der Waals surface area (Å²) in [5.41, 5.74) is 0.708. The average molecular weight is 323 g/mol. The summed E-state index contributed by atoms with van der Waals surface area (Å²) in [5.74, 6) is 0.901. The van der Waals surface area contributed by atoms with Gasteiger partial charge in [-0.25, -0.2) is 0 Å². The first-order chi connectivity index (χ1) is 10.2. The van der Waals surface area contributed by atoms with Gasteiger partial charge in [-0.15, -0.1) is 11.8 Å². The smallest absolute Gasteiger partial charge is 0.273 e. The Morgan fingerprint density at radius 1 is 1.19 bits per heavy atom. The lowest BCUT2D eigenvalue weighted by Crippen LogP contribution is -2.17. The topological polar surface area (TPSA) is 55.2 Å². The molecule has 0 aliphatic heterocycles. The van der Waals surface area contributed by atoms with Crippen molar-refractivity contribution < 1.29 is 4.92 Å². The van der Waals surface area contributed by atoms with Crippen LogP contribution in [-0.4, -0.2) is 17.2 Å². The molecule has 0 bridgehead atoms. The molecule has 0 amide bonds. The molecular formula is C15H15ClN2O2S. The quantitative estimate of drug-likeness (QED) is 0.360. The normalized spacial score (nSPS) is 10.5. The van der Waals surface area contributed by atoms with E-state index in [2.05, 4.69) is 17.4 Å². The van der Waals surface area contributed by atoms with E-state index in [1.807, 2.05) is 18.2 Å². The summed E-state index contributed by atoms with van der Waals surface area (Å²) in [6.07, 6.45) is 0. The zero-order valence-corrected chi connectivity index (χ0v) is 12.9. The first kappa shape index (κ1) is 15.8. The van der Waals surface area contributed by atoms with E-state index in [0.29, 0.717) is 17.1 Å². The summed E-state index contributed by atoms with van der Waals surface area (Å²) in [5, 5.41) is 14.7. The Balaban J connectivity index is 1.81. The summed E-state index contributed by atoms with van der Waals surface area (Å²) < 4.78 is 0. The van der Waals surface area contributed by atoms with Crippen molar-refractivity contribution in [1.29, 1.82) is 0 Å². The molecule has 0 spiro atoms. The molecule has 1 N–H and O–H groups in total. The molecule has 110 valence electrons. The third-order valence-corrected chi connectivity index (χ3v) is 4.09. The highest BCUT2D eigenvalue weighted by molar-refractivity contribution is 7.99. The van der Waals surface area contributed by atoms with E-state index in [0.717, 1.165) is 12.3 Å². The van der Waals surface area contributed by atoms with E-state index in [-0.39, 0.29) is 10.6 Å². The SMILES string of the molecule is O=[N+]([O-])c1ccc(Cl)cc1CNCCSc1ccccc1. The van der Waals surface area contributed by atoms with Gasteiger partial charge >= 0.3 is 0 Å². The lowest BCUT2D eigenvalue weighted by atomic mass is 10.2. The maximum Gasteiger partial charge on any atom is 0.273 e. The number of hydrogen-bond donors (Lipinski definition) is 1. The predicted molar refractivity (Wildman–Crippen MR) is 87.0 cm³/mol. The first-order valence-corrected chi connectivity index (χ1v) is 7.84. The number of halogens is 1. The highest BCUT2D eigenvalue weighted by Crippen LogP contribution is 2.22. The van der Waals surface area contributed by atoms with Crippen LogP contribution in [-0.2, 0) is 6.54 Å². The van der Waals surface area contributed by atoms with Gasteiger partial charge in [0.2, 0.25) is 0 Å². The number of rotatable bonds is 7. The second-order valence-electron chi connectivity index (χ2n) is 4.37. The summed E-state index contributed by atoms with van der Waals surface area (Å²) in [7, 11) is 0. The minimum atomic E-state index is -0.383. The Morgan fingerprint density at radius 3 is 2.67 bits per heavy atom. The van der Waals surface area contributed by atoms with Crippen LogP contribution < -0.4 is 5.32 Å². The van der Waals surface area contributed by atoms with Crippen LogP contribution in [0.4, 0.5) is 5.69 Å². The van der Waals surface area contributed by atoms with Gasteiger partial charge in [-0.05, 0) is 24.3 Å². The van der Waals surface area contributed by atoms with Gasteiger partial charge in [-0.1, -0.05) is 29.8 Å². The Morgan fingerprint density at radius 2 is 1.95 bits per heavy atom. The van der Waals surface area contributed by atoms with E-state index in [1.165, 1.54) is 17.0 Å². The molecular weight excluding hydrogens is 308 g/mol. The van der Waals surface area contributed by atoms with E-state index in [9.17, 15) is 10.1 Å². The number of nitrogens with one attached hydrogen (secondary N) is 1. The van der Waals surface area contributed by atoms with Crippen molar-refractivity contribution in [2.45, 2.75) is 11.4 Å². The Labute approximate surface area is 132 Å². The number of nitro groups is 1. The number of hydrogen-bond acceptors (Lipinski definition) is 4. The Kier molecular flexibility index (Phi) is 6.04. The summed E-state index contributed by atoms with van der Waals surface area (Å²) in [6.45, 7) is 1.20. The van der Waals surface area contributed by atoms with E-state index >= 15 is 0 Å². The monoisotopic (exact) mass is 322 g/mol. The second-order valence-corrected chi connectivity index (χ2v) is 5.97. The van der Waals surface area contributed by atoms with Gasteiger partial charge in [0.25, 0.3) is 5.69 Å². The van der Waals surface area contributed by atoms with Crippen LogP contribution in [0.3, 0.4) is 0 Å². The molecule has 0 atom stereocenters. The zero-order valence-electron chi connectivity index (χ0n) is 11.3. The minimum Gasteiger partial charge on any atom is -0.312 e. The van der Waals surface area contributed by atoms with Gasteiger partial charge in [-0.3, -0.25) is 10.1 Å². The van der Waals surface area contributed by atoms with Gasteiger partial charge < -0.3 is 5.32 Å². The van der Waals surface area contributed by atoms with Crippen LogP contribution in [0.2, 0.25) is 5.02 Å². The van der Waals surface area contributed by atoms with Gasteiger partial charge in [-0.2, -0.15) is 0 Å².